The third kappa shape index (κ3) is 2.81. The molecule has 1 aromatic heterocycles. The third-order valence-corrected chi connectivity index (χ3v) is 6.30. The highest BCUT2D eigenvalue weighted by Gasteiger charge is 2.37. The minimum Gasteiger partial charge on any atom is -0.396 e. The van der Waals surface area contributed by atoms with Gasteiger partial charge in [-0.1, -0.05) is 36.8 Å². The monoisotopic (exact) mass is 305 g/mol. The van der Waals surface area contributed by atoms with E-state index in [2.05, 4.69) is 5.10 Å². The van der Waals surface area contributed by atoms with Crippen LogP contribution >= 0.6 is 0 Å². The van der Waals surface area contributed by atoms with Crippen molar-refractivity contribution < 1.29 is 8.42 Å². The number of sulfone groups is 1. The molecule has 112 valence electrons. The van der Waals surface area contributed by atoms with Crippen molar-refractivity contribution in [2.45, 2.75) is 30.6 Å². The minimum atomic E-state index is -3.11. The van der Waals surface area contributed by atoms with Gasteiger partial charge >= 0.3 is 0 Å². The highest BCUT2D eigenvalue weighted by molar-refractivity contribution is 7.92. The minimum absolute atomic E-state index is 0.262. The summed E-state index contributed by atoms with van der Waals surface area (Å²) in [5.74, 6) is 0.262. The first-order chi connectivity index (χ1) is 10.1. The lowest BCUT2D eigenvalue weighted by Gasteiger charge is -2.30. The van der Waals surface area contributed by atoms with Crippen LogP contribution in [0.25, 0.3) is 0 Å². The molecule has 0 bridgehead atoms. The second-order valence-corrected chi connectivity index (χ2v) is 7.85. The number of nitrogens with two attached hydrogens (primary N) is 1. The molecule has 2 aromatic rings. The molecule has 21 heavy (non-hydrogen) atoms. The van der Waals surface area contributed by atoms with Crippen molar-refractivity contribution in [3.8, 4) is 0 Å². The fraction of sp³-hybridized carbons (Fsp3) is 0.400. The van der Waals surface area contributed by atoms with E-state index in [1.807, 2.05) is 30.3 Å². The molecule has 2 heterocycles. The lowest BCUT2D eigenvalue weighted by atomic mass is 9.99. The van der Waals surface area contributed by atoms with Crippen molar-refractivity contribution in [1.29, 1.82) is 0 Å². The van der Waals surface area contributed by atoms with Gasteiger partial charge in [0.15, 0.2) is 9.84 Å². The van der Waals surface area contributed by atoms with Gasteiger partial charge in [0.05, 0.1) is 28.9 Å². The second kappa shape index (κ2) is 5.52. The number of rotatable bonds is 3. The summed E-state index contributed by atoms with van der Waals surface area (Å²) in [7, 11) is -3.11. The number of nitrogen functional groups attached to an aromatic ring is 1. The Morgan fingerprint density at radius 2 is 2.00 bits per heavy atom. The van der Waals surface area contributed by atoms with Crippen LogP contribution in [0.5, 0.6) is 0 Å². The largest absolute Gasteiger partial charge is 0.396 e. The average Bonchev–Trinajstić information content (AvgIpc) is 2.88. The number of anilines is 1. The fourth-order valence-electron chi connectivity index (χ4n) is 3.03. The zero-order chi connectivity index (χ0) is 14.9. The van der Waals surface area contributed by atoms with Gasteiger partial charge in [-0.25, -0.2) is 8.42 Å². The van der Waals surface area contributed by atoms with Crippen LogP contribution in [0.3, 0.4) is 0 Å². The van der Waals surface area contributed by atoms with Gasteiger partial charge in [-0.2, -0.15) is 5.10 Å². The molecule has 1 fully saturated rings. The Labute approximate surface area is 124 Å². The molecule has 2 N–H and O–H groups in total. The summed E-state index contributed by atoms with van der Waals surface area (Å²) >= 11 is 0. The fourth-order valence-corrected chi connectivity index (χ4v) is 5.14. The maximum absolute atomic E-state index is 12.5. The van der Waals surface area contributed by atoms with Crippen LogP contribution in [0.4, 0.5) is 5.69 Å². The summed E-state index contributed by atoms with van der Waals surface area (Å²) in [4.78, 5) is 0. The normalized spacial score (nSPS) is 22.8. The molecule has 3 rings (SSSR count). The van der Waals surface area contributed by atoms with Crippen LogP contribution in [0.15, 0.2) is 42.7 Å². The maximum atomic E-state index is 12.5. The number of nitrogens with zero attached hydrogens (tertiary/aromatic N) is 2. The highest BCUT2D eigenvalue weighted by Crippen LogP contribution is 2.33. The maximum Gasteiger partial charge on any atom is 0.155 e. The predicted octanol–water partition coefficient (Wildman–Crippen LogP) is 2.02. The number of hydrogen-bond donors (Lipinski definition) is 1. The Morgan fingerprint density at radius 1 is 1.24 bits per heavy atom. The summed E-state index contributed by atoms with van der Waals surface area (Å²) in [5, 5.41) is 3.82. The van der Waals surface area contributed by atoms with Gasteiger partial charge in [-0.15, -0.1) is 0 Å². The Hall–Kier alpha value is -1.82. The average molecular weight is 305 g/mol. The van der Waals surface area contributed by atoms with Crippen molar-refractivity contribution in [2.75, 3.05) is 11.5 Å². The molecule has 0 aliphatic carbocycles. The molecular weight excluding hydrogens is 286 g/mol. The third-order valence-electron chi connectivity index (χ3n) is 4.03. The van der Waals surface area contributed by atoms with Crippen molar-refractivity contribution in [3.05, 3.63) is 48.3 Å². The quantitative estimate of drug-likeness (QED) is 0.941. The van der Waals surface area contributed by atoms with Crippen molar-refractivity contribution in [3.63, 3.8) is 0 Å². The molecule has 6 heteroatoms. The Morgan fingerprint density at radius 3 is 2.62 bits per heavy atom. The van der Waals surface area contributed by atoms with Gasteiger partial charge in [-0.3, -0.25) is 4.68 Å². The molecule has 1 aliphatic heterocycles. The standard InChI is InChI=1S/C15H19N3O2S/c16-13-10-17-18(11-13)15(12-6-2-1-3-7-12)14-8-4-5-9-21(14,19)20/h1-3,6-7,10-11,14-15H,4-5,8-9,16H2. The molecule has 0 spiro atoms. The van der Waals surface area contributed by atoms with E-state index < -0.39 is 15.1 Å². The molecule has 1 saturated heterocycles. The first-order valence-corrected chi connectivity index (χ1v) is 8.85. The van der Waals surface area contributed by atoms with Gasteiger partial charge in [0.1, 0.15) is 0 Å². The van der Waals surface area contributed by atoms with Gasteiger partial charge in [0, 0.05) is 6.20 Å². The van der Waals surface area contributed by atoms with E-state index >= 15 is 0 Å². The smallest absolute Gasteiger partial charge is 0.155 e. The number of aromatic nitrogens is 2. The molecule has 1 aromatic carbocycles. The van der Waals surface area contributed by atoms with Gasteiger partial charge in [0.2, 0.25) is 0 Å². The zero-order valence-electron chi connectivity index (χ0n) is 11.7. The highest BCUT2D eigenvalue weighted by atomic mass is 32.2. The van der Waals surface area contributed by atoms with Crippen molar-refractivity contribution in [1.82, 2.24) is 9.78 Å². The Kier molecular flexibility index (Phi) is 3.71. The van der Waals surface area contributed by atoms with Gasteiger partial charge in [0.25, 0.3) is 0 Å². The predicted molar refractivity (Wildman–Crippen MR) is 82.6 cm³/mol. The summed E-state index contributed by atoms with van der Waals surface area (Å²) in [5.41, 5.74) is 7.26. The SMILES string of the molecule is Nc1cnn(C(c2ccccc2)C2CCCCS2(=O)=O)c1. The van der Waals surface area contributed by atoms with E-state index in [1.54, 1.807) is 17.1 Å². The first kappa shape index (κ1) is 14.1. The molecule has 0 amide bonds. The van der Waals surface area contributed by atoms with Gasteiger partial charge < -0.3 is 5.73 Å². The summed E-state index contributed by atoms with van der Waals surface area (Å²) in [6, 6.07) is 9.36. The Balaban J connectivity index is 2.08. The number of hydrogen-bond acceptors (Lipinski definition) is 4. The lowest BCUT2D eigenvalue weighted by molar-refractivity contribution is 0.439. The molecule has 0 radical (unpaired) electrons. The lowest BCUT2D eigenvalue weighted by Crippen LogP contribution is -2.37. The van der Waals surface area contributed by atoms with Crippen LogP contribution in [-0.4, -0.2) is 29.2 Å². The van der Waals surface area contributed by atoms with Crippen LogP contribution in [0.2, 0.25) is 0 Å². The van der Waals surface area contributed by atoms with Crippen LogP contribution in [0, 0.1) is 0 Å². The molecule has 0 saturated carbocycles. The summed E-state index contributed by atoms with van der Waals surface area (Å²) in [6.45, 7) is 0. The summed E-state index contributed by atoms with van der Waals surface area (Å²) < 4.78 is 26.7. The van der Waals surface area contributed by atoms with E-state index in [9.17, 15) is 8.42 Å². The van der Waals surface area contributed by atoms with E-state index in [4.69, 9.17) is 5.73 Å². The van der Waals surface area contributed by atoms with E-state index in [0.29, 0.717) is 12.1 Å². The van der Waals surface area contributed by atoms with Crippen molar-refractivity contribution >= 4 is 15.5 Å². The number of benzene rings is 1. The topological polar surface area (TPSA) is 78.0 Å². The van der Waals surface area contributed by atoms with Crippen LogP contribution < -0.4 is 5.73 Å². The van der Waals surface area contributed by atoms with Crippen LogP contribution in [0.1, 0.15) is 30.9 Å². The Bertz CT molecular complexity index is 710. The first-order valence-electron chi connectivity index (χ1n) is 7.14. The second-order valence-electron chi connectivity index (χ2n) is 5.51. The molecule has 2 atom stereocenters. The van der Waals surface area contributed by atoms with E-state index in [0.717, 1.165) is 18.4 Å². The molecular formula is C15H19N3O2S. The molecule has 5 nitrogen and oxygen atoms in total. The molecule has 2 unspecified atom stereocenters. The van der Waals surface area contributed by atoms with Gasteiger partial charge in [-0.05, 0) is 18.4 Å². The van der Waals surface area contributed by atoms with E-state index in [-0.39, 0.29) is 11.8 Å². The van der Waals surface area contributed by atoms with Crippen LogP contribution in [-0.2, 0) is 9.84 Å². The van der Waals surface area contributed by atoms with E-state index in [1.165, 1.54) is 0 Å². The molecule has 1 aliphatic rings. The summed E-state index contributed by atoms with van der Waals surface area (Å²) in [6.07, 6.45) is 5.63. The van der Waals surface area contributed by atoms with Crippen molar-refractivity contribution in [2.24, 2.45) is 0 Å². The zero-order valence-corrected chi connectivity index (χ0v) is 12.5.